The van der Waals surface area contributed by atoms with Gasteiger partial charge in [-0.2, -0.15) is 16.7 Å². The van der Waals surface area contributed by atoms with Gasteiger partial charge in [-0.1, -0.05) is 19.0 Å². The normalized spacial score (nSPS) is 11.2. The van der Waals surface area contributed by atoms with Crippen molar-refractivity contribution in [3.8, 4) is 10.8 Å². The molecule has 0 aromatic carbocycles. The summed E-state index contributed by atoms with van der Waals surface area (Å²) in [5.74, 6) is 2.07. The summed E-state index contributed by atoms with van der Waals surface area (Å²) in [6.07, 6.45) is 0. The van der Waals surface area contributed by atoms with Gasteiger partial charge in [-0.25, -0.2) is 0 Å². The summed E-state index contributed by atoms with van der Waals surface area (Å²) in [4.78, 5) is 5.24. The molecule has 0 bridgehead atoms. The summed E-state index contributed by atoms with van der Waals surface area (Å²) in [5.41, 5.74) is 5.65. The van der Waals surface area contributed by atoms with Crippen LogP contribution in [-0.2, 0) is 5.75 Å². The summed E-state index contributed by atoms with van der Waals surface area (Å²) < 4.78 is 5.18. The first-order chi connectivity index (χ1) is 7.65. The molecule has 0 amide bonds. The van der Waals surface area contributed by atoms with Crippen molar-refractivity contribution in [2.24, 2.45) is 0 Å². The van der Waals surface area contributed by atoms with Crippen molar-refractivity contribution in [2.45, 2.75) is 24.9 Å². The van der Waals surface area contributed by atoms with Gasteiger partial charge in [0.25, 0.3) is 5.89 Å². The molecule has 0 aliphatic carbocycles. The van der Waals surface area contributed by atoms with Crippen molar-refractivity contribution in [2.75, 3.05) is 5.73 Å². The number of nitrogens with zero attached hydrogens (tertiary/aromatic N) is 2. The molecule has 2 N–H and O–H groups in total. The standard InChI is InChI=1S/C10H13N3OS2/c1-6(2)15-5-9-12-10(14-13-9)7-3-4-8(11)16-7/h3-4,6H,5,11H2,1-2H3. The second-order valence-electron chi connectivity index (χ2n) is 3.58. The third-order valence-corrected chi connectivity index (χ3v) is 3.85. The monoisotopic (exact) mass is 255 g/mol. The maximum atomic E-state index is 5.65. The van der Waals surface area contributed by atoms with Gasteiger partial charge in [0.05, 0.1) is 15.6 Å². The maximum absolute atomic E-state index is 5.65. The van der Waals surface area contributed by atoms with E-state index in [0.29, 0.717) is 11.1 Å². The highest BCUT2D eigenvalue weighted by Gasteiger charge is 2.11. The fraction of sp³-hybridized carbons (Fsp3) is 0.400. The molecule has 2 heterocycles. The number of rotatable bonds is 4. The number of thiophene rings is 1. The number of nitrogens with two attached hydrogens (primary N) is 1. The lowest BCUT2D eigenvalue weighted by atomic mass is 10.4. The quantitative estimate of drug-likeness (QED) is 0.909. The molecule has 0 saturated carbocycles. The van der Waals surface area contributed by atoms with Crippen LogP contribution in [0.2, 0.25) is 0 Å². The van der Waals surface area contributed by atoms with Crippen molar-refractivity contribution in [3.63, 3.8) is 0 Å². The summed E-state index contributed by atoms with van der Waals surface area (Å²) in [5, 5.41) is 5.26. The Morgan fingerprint density at radius 3 is 2.94 bits per heavy atom. The predicted octanol–water partition coefficient (Wildman–Crippen LogP) is 3.02. The molecule has 0 atom stereocenters. The smallest absolute Gasteiger partial charge is 0.268 e. The van der Waals surface area contributed by atoms with E-state index in [1.54, 1.807) is 11.8 Å². The second kappa shape index (κ2) is 4.88. The van der Waals surface area contributed by atoms with Gasteiger partial charge in [-0.05, 0) is 17.4 Å². The molecule has 0 spiro atoms. The lowest BCUT2D eigenvalue weighted by molar-refractivity contribution is 0.426. The first-order valence-corrected chi connectivity index (χ1v) is 6.81. The molecule has 4 nitrogen and oxygen atoms in total. The highest BCUT2D eigenvalue weighted by atomic mass is 32.2. The fourth-order valence-electron chi connectivity index (χ4n) is 1.12. The van der Waals surface area contributed by atoms with Crippen LogP contribution >= 0.6 is 23.1 Å². The van der Waals surface area contributed by atoms with Crippen LogP contribution in [0.25, 0.3) is 10.8 Å². The minimum absolute atomic E-state index is 0.557. The number of hydrogen-bond acceptors (Lipinski definition) is 6. The largest absolute Gasteiger partial charge is 0.391 e. The Morgan fingerprint density at radius 1 is 1.50 bits per heavy atom. The fourth-order valence-corrected chi connectivity index (χ4v) is 2.42. The Balaban J connectivity index is 2.07. The minimum atomic E-state index is 0.557. The zero-order valence-corrected chi connectivity index (χ0v) is 10.8. The average Bonchev–Trinajstić information content (AvgIpc) is 2.83. The molecular weight excluding hydrogens is 242 g/mol. The number of thioether (sulfide) groups is 1. The van der Waals surface area contributed by atoms with E-state index >= 15 is 0 Å². The van der Waals surface area contributed by atoms with Gasteiger partial charge in [-0.3, -0.25) is 0 Å². The van der Waals surface area contributed by atoms with Gasteiger partial charge in [0.15, 0.2) is 5.82 Å². The molecule has 0 saturated heterocycles. The molecule has 0 aliphatic heterocycles. The lowest BCUT2D eigenvalue weighted by Gasteiger charge is -1.98. The van der Waals surface area contributed by atoms with E-state index in [2.05, 4.69) is 24.0 Å². The van der Waals surface area contributed by atoms with E-state index < -0.39 is 0 Å². The topological polar surface area (TPSA) is 64.9 Å². The van der Waals surface area contributed by atoms with E-state index in [-0.39, 0.29) is 0 Å². The number of anilines is 1. The zero-order chi connectivity index (χ0) is 11.5. The molecule has 2 aromatic heterocycles. The van der Waals surface area contributed by atoms with E-state index in [9.17, 15) is 0 Å². The highest BCUT2D eigenvalue weighted by Crippen LogP contribution is 2.28. The molecule has 0 radical (unpaired) electrons. The number of hydrogen-bond donors (Lipinski definition) is 1. The summed E-state index contributed by atoms with van der Waals surface area (Å²) in [6.45, 7) is 4.29. The molecular formula is C10H13N3OS2. The van der Waals surface area contributed by atoms with E-state index in [0.717, 1.165) is 21.5 Å². The van der Waals surface area contributed by atoms with Crippen LogP contribution in [0, 0.1) is 0 Å². The van der Waals surface area contributed by atoms with Crippen molar-refractivity contribution in [3.05, 3.63) is 18.0 Å². The first-order valence-electron chi connectivity index (χ1n) is 4.95. The van der Waals surface area contributed by atoms with Crippen molar-refractivity contribution in [1.29, 1.82) is 0 Å². The number of nitrogen functional groups attached to an aromatic ring is 1. The Hall–Kier alpha value is -1.01. The molecule has 16 heavy (non-hydrogen) atoms. The summed E-state index contributed by atoms with van der Waals surface area (Å²) in [7, 11) is 0. The summed E-state index contributed by atoms with van der Waals surface area (Å²) in [6, 6.07) is 3.74. The molecule has 86 valence electrons. The Morgan fingerprint density at radius 2 is 2.31 bits per heavy atom. The third kappa shape index (κ3) is 2.76. The van der Waals surface area contributed by atoms with Crippen LogP contribution in [0.5, 0.6) is 0 Å². The molecule has 2 aromatic rings. The van der Waals surface area contributed by atoms with Crippen LogP contribution in [0.15, 0.2) is 16.7 Å². The highest BCUT2D eigenvalue weighted by molar-refractivity contribution is 7.99. The number of aromatic nitrogens is 2. The van der Waals surface area contributed by atoms with Crippen LogP contribution in [0.3, 0.4) is 0 Å². The van der Waals surface area contributed by atoms with E-state index in [4.69, 9.17) is 10.3 Å². The van der Waals surface area contributed by atoms with Gasteiger partial charge >= 0.3 is 0 Å². The van der Waals surface area contributed by atoms with Crippen LogP contribution in [0.1, 0.15) is 19.7 Å². The molecule has 0 aliphatic rings. The van der Waals surface area contributed by atoms with Crippen LogP contribution in [0.4, 0.5) is 5.00 Å². The lowest BCUT2D eigenvalue weighted by Crippen LogP contribution is -1.90. The Bertz CT molecular complexity index is 464. The summed E-state index contributed by atoms with van der Waals surface area (Å²) >= 11 is 3.25. The van der Waals surface area contributed by atoms with E-state index in [1.165, 1.54) is 11.3 Å². The molecule has 2 rings (SSSR count). The minimum Gasteiger partial charge on any atom is -0.391 e. The van der Waals surface area contributed by atoms with Gasteiger partial charge in [0.2, 0.25) is 0 Å². The van der Waals surface area contributed by atoms with Crippen molar-refractivity contribution < 1.29 is 4.52 Å². The molecule has 6 heteroatoms. The van der Waals surface area contributed by atoms with Gasteiger partial charge in [0, 0.05) is 0 Å². The Labute approximate surface area is 102 Å². The Kier molecular flexibility index (Phi) is 3.50. The van der Waals surface area contributed by atoms with Gasteiger partial charge < -0.3 is 10.3 Å². The third-order valence-electron chi connectivity index (χ3n) is 1.85. The SMILES string of the molecule is CC(C)SCc1noc(-c2ccc(N)s2)n1. The second-order valence-corrected chi connectivity index (χ2v) is 6.26. The molecule has 0 unspecified atom stereocenters. The van der Waals surface area contributed by atoms with Crippen molar-refractivity contribution >= 4 is 28.1 Å². The van der Waals surface area contributed by atoms with Crippen LogP contribution in [-0.4, -0.2) is 15.4 Å². The average molecular weight is 255 g/mol. The zero-order valence-electron chi connectivity index (χ0n) is 9.14. The van der Waals surface area contributed by atoms with Gasteiger partial charge in [0.1, 0.15) is 0 Å². The van der Waals surface area contributed by atoms with E-state index in [1.807, 2.05) is 12.1 Å². The van der Waals surface area contributed by atoms with Crippen molar-refractivity contribution in [1.82, 2.24) is 10.1 Å². The molecule has 0 fully saturated rings. The predicted molar refractivity (Wildman–Crippen MR) is 68.5 cm³/mol. The van der Waals surface area contributed by atoms with Gasteiger partial charge in [-0.15, -0.1) is 11.3 Å². The van der Waals surface area contributed by atoms with Crippen LogP contribution < -0.4 is 5.73 Å². The first kappa shape index (κ1) is 11.5. The maximum Gasteiger partial charge on any atom is 0.268 e.